The van der Waals surface area contributed by atoms with Crippen LogP contribution < -0.4 is 4.74 Å². The van der Waals surface area contributed by atoms with Crippen molar-refractivity contribution in [2.24, 2.45) is 0 Å². The van der Waals surface area contributed by atoms with E-state index in [1.807, 2.05) is 0 Å². The fourth-order valence-corrected chi connectivity index (χ4v) is 1.98. The fraction of sp³-hybridized carbons (Fsp3) is 0.0769. The minimum absolute atomic E-state index is 0.145. The molecule has 4 nitrogen and oxygen atoms in total. The van der Waals surface area contributed by atoms with Gasteiger partial charge < -0.3 is 9.84 Å². The van der Waals surface area contributed by atoms with Crippen LogP contribution in [0.25, 0.3) is 11.1 Å². The van der Waals surface area contributed by atoms with Crippen molar-refractivity contribution in [3.8, 4) is 16.9 Å². The number of nitrogens with zero attached hydrogens (tertiary/aromatic N) is 1. The van der Waals surface area contributed by atoms with Crippen LogP contribution in [0.2, 0.25) is 0 Å². The highest BCUT2D eigenvalue weighted by Crippen LogP contribution is 2.37. The molecule has 1 aliphatic rings. The Morgan fingerprint density at radius 3 is 2.94 bits per heavy atom. The molecule has 0 spiro atoms. The number of hydrogen-bond donors (Lipinski definition) is 1. The summed E-state index contributed by atoms with van der Waals surface area (Å²) in [5.74, 6) is -1.13. The first kappa shape index (κ1) is 10.7. The minimum Gasteiger partial charge on any atom is -0.488 e. The van der Waals surface area contributed by atoms with E-state index in [4.69, 9.17) is 9.84 Å². The van der Waals surface area contributed by atoms with Crippen LogP contribution in [-0.2, 0) is 6.61 Å². The van der Waals surface area contributed by atoms with Gasteiger partial charge in [0.05, 0.1) is 5.56 Å². The Morgan fingerprint density at radius 2 is 2.17 bits per heavy atom. The number of aromatic carboxylic acids is 1. The van der Waals surface area contributed by atoms with E-state index in [-0.39, 0.29) is 12.2 Å². The molecule has 5 heteroatoms. The summed E-state index contributed by atoms with van der Waals surface area (Å²) >= 11 is 0. The molecule has 0 atom stereocenters. The van der Waals surface area contributed by atoms with Gasteiger partial charge in [0.2, 0.25) is 5.95 Å². The van der Waals surface area contributed by atoms with Crippen molar-refractivity contribution in [3.05, 3.63) is 47.5 Å². The van der Waals surface area contributed by atoms with E-state index in [9.17, 15) is 9.18 Å². The van der Waals surface area contributed by atoms with Crippen molar-refractivity contribution in [1.82, 2.24) is 4.98 Å². The average molecular weight is 245 g/mol. The Bertz CT molecular complexity index is 655. The van der Waals surface area contributed by atoms with Gasteiger partial charge in [0.15, 0.2) is 0 Å². The maximum atomic E-state index is 13.2. The number of hydrogen-bond acceptors (Lipinski definition) is 3. The zero-order chi connectivity index (χ0) is 12.7. The third kappa shape index (κ3) is 1.60. The largest absolute Gasteiger partial charge is 0.488 e. The first-order chi connectivity index (χ1) is 8.65. The van der Waals surface area contributed by atoms with Crippen LogP contribution >= 0.6 is 0 Å². The van der Waals surface area contributed by atoms with Gasteiger partial charge in [-0.05, 0) is 23.8 Å². The Morgan fingerprint density at radius 1 is 1.33 bits per heavy atom. The molecular formula is C13H8FNO3. The maximum Gasteiger partial charge on any atom is 0.335 e. The molecule has 90 valence electrons. The molecule has 2 aromatic rings. The zero-order valence-electron chi connectivity index (χ0n) is 9.18. The summed E-state index contributed by atoms with van der Waals surface area (Å²) in [6, 6.07) is 5.87. The van der Waals surface area contributed by atoms with Gasteiger partial charge in [-0.1, -0.05) is 0 Å². The number of fused-ring (bicyclic) bond motifs is 3. The maximum absolute atomic E-state index is 13.2. The van der Waals surface area contributed by atoms with Crippen LogP contribution in [0.4, 0.5) is 4.39 Å². The SMILES string of the molecule is O=C(O)c1ccc2c(c1)OCc1cnc(F)cc1-2. The van der Waals surface area contributed by atoms with Crippen LogP contribution in [0.15, 0.2) is 30.5 Å². The average Bonchev–Trinajstić information content (AvgIpc) is 2.37. The van der Waals surface area contributed by atoms with Crippen molar-refractivity contribution < 1.29 is 19.0 Å². The molecule has 0 aliphatic carbocycles. The number of aromatic nitrogens is 1. The molecular weight excluding hydrogens is 237 g/mol. The molecule has 2 heterocycles. The van der Waals surface area contributed by atoms with E-state index in [1.54, 1.807) is 6.07 Å². The van der Waals surface area contributed by atoms with Crippen molar-refractivity contribution in [1.29, 1.82) is 0 Å². The third-order valence-corrected chi connectivity index (χ3v) is 2.86. The number of pyridine rings is 1. The number of carboxylic acids is 1. The lowest BCUT2D eigenvalue weighted by Crippen LogP contribution is -2.08. The predicted octanol–water partition coefficient (Wildman–Crippen LogP) is 2.48. The van der Waals surface area contributed by atoms with Gasteiger partial charge in [0.25, 0.3) is 0 Å². The molecule has 1 aromatic heterocycles. The van der Waals surface area contributed by atoms with Crippen molar-refractivity contribution in [2.75, 3.05) is 0 Å². The van der Waals surface area contributed by atoms with Crippen molar-refractivity contribution >= 4 is 5.97 Å². The summed E-state index contributed by atoms with van der Waals surface area (Å²) < 4.78 is 18.6. The summed E-state index contributed by atoms with van der Waals surface area (Å²) in [7, 11) is 0. The molecule has 0 unspecified atom stereocenters. The number of benzene rings is 1. The minimum atomic E-state index is -1.02. The Labute approximate surface area is 102 Å². The van der Waals surface area contributed by atoms with Crippen LogP contribution in [0.3, 0.4) is 0 Å². The summed E-state index contributed by atoms with van der Waals surface area (Å²) in [6.45, 7) is 0.263. The van der Waals surface area contributed by atoms with Gasteiger partial charge in [-0.2, -0.15) is 4.39 Å². The van der Waals surface area contributed by atoms with Gasteiger partial charge in [0, 0.05) is 23.4 Å². The number of rotatable bonds is 1. The lowest BCUT2D eigenvalue weighted by Gasteiger charge is -2.20. The van der Waals surface area contributed by atoms with Crippen molar-refractivity contribution in [3.63, 3.8) is 0 Å². The quantitative estimate of drug-likeness (QED) is 0.784. The third-order valence-electron chi connectivity index (χ3n) is 2.86. The molecule has 0 fully saturated rings. The van der Waals surface area contributed by atoms with Crippen LogP contribution in [-0.4, -0.2) is 16.1 Å². The van der Waals surface area contributed by atoms with Crippen LogP contribution in [0.5, 0.6) is 5.75 Å². The standard InChI is InChI=1S/C13H8FNO3/c14-12-4-10-8(5-15-12)6-18-11-3-7(13(16)17)1-2-9(10)11/h1-5H,6H2,(H,16,17). The number of ether oxygens (including phenoxy) is 1. The Kier molecular flexibility index (Phi) is 2.26. The first-order valence-corrected chi connectivity index (χ1v) is 5.30. The molecule has 0 bridgehead atoms. The van der Waals surface area contributed by atoms with Gasteiger partial charge >= 0.3 is 5.97 Å². The Balaban J connectivity index is 2.18. The number of carboxylic acid groups (broad SMARTS) is 1. The summed E-state index contributed by atoms with van der Waals surface area (Å²) in [5.41, 5.74) is 2.31. The normalized spacial score (nSPS) is 12.3. The van der Waals surface area contributed by atoms with E-state index >= 15 is 0 Å². The predicted molar refractivity (Wildman–Crippen MR) is 60.9 cm³/mol. The summed E-state index contributed by atoms with van der Waals surface area (Å²) in [6.07, 6.45) is 1.43. The van der Waals surface area contributed by atoms with Gasteiger partial charge in [-0.3, -0.25) is 0 Å². The first-order valence-electron chi connectivity index (χ1n) is 5.30. The molecule has 3 rings (SSSR count). The highest BCUT2D eigenvalue weighted by atomic mass is 19.1. The zero-order valence-corrected chi connectivity index (χ0v) is 9.18. The van der Waals surface area contributed by atoms with E-state index in [0.717, 1.165) is 5.56 Å². The highest BCUT2D eigenvalue weighted by molar-refractivity contribution is 5.90. The highest BCUT2D eigenvalue weighted by Gasteiger charge is 2.19. The summed E-state index contributed by atoms with van der Waals surface area (Å²) in [4.78, 5) is 14.4. The topological polar surface area (TPSA) is 59.4 Å². The van der Waals surface area contributed by atoms with E-state index < -0.39 is 11.9 Å². The molecule has 0 radical (unpaired) electrons. The monoisotopic (exact) mass is 245 g/mol. The fourth-order valence-electron chi connectivity index (χ4n) is 1.98. The van der Waals surface area contributed by atoms with E-state index in [2.05, 4.69) is 4.98 Å². The Hall–Kier alpha value is -2.43. The van der Waals surface area contributed by atoms with E-state index in [0.29, 0.717) is 16.9 Å². The van der Waals surface area contributed by atoms with Gasteiger partial charge in [0.1, 0.15) is 12.4 Å². The molecule has 0 saturated heterocycles. The molecule has 0 amide bonds. The summed E-state index contributed by atoms with van der Waals surface area (Å²) in [5, 5.41) is 8.90. The van der Waals surface area contributed by atoms with Crippen LogP contribution in [0.1, 0.15) is 15.9 Å². The lowest BCUT2D eigenvalue weighted by molar-refractivity contribution is 0.0696. The van der Waals surface area contributed by atoms with E-state index in [1.165, 1.54) is 24.4 Å². The lowest BCUT2D eigenvalue weighted by atomic mass is 9.97. The van der Waals surface area contributed by atoms with Gasteiger partial charge in [-0.15, -0.1) is 0 Å². The molecule has 1 N–H and O–H groups in total. The second kappa shape index (κ2) is 3.80. The number of carbonyl (C=O) groups is 1. The van der Waals surface area contributed by atoms with Gasteiger partial charge in [-0.25, -0.2) is 9.78 Å². The molecule has 18 heavy (non-hydrogen) atoms. The molecule has 1 aromatic carbocycles. The number of halogens is 1. The second-order valence-electron chi connectivity index (χ2n) is 3.97. The molecule has 1 aliphatic heterocycles. The van der Waals surface area contributed by atoms with Crippen LogP contribution in [0, 0.1) is 5.95 Å². The smallest absolute Gasteiger partial charge is 0.335 e. The second-order valence-corrected chi connectivity index (χ2v) is 3.97. The van der Waals surface area contributed by atoms with Crippen molar-refractivity contribution in [2.45, 2.75) is 6.61 Å². The molecule has 0 saturated carbocycles.